The molecule has 3 aromatic rings. The standard InChI is InChI=1S/C9H7NO.C7H6O6S/c11-8-5-1-3-7-4-2-6-10-9(7)8;8-6-2-1-4(14(11,12)13)3-5(6)7(9)10/h1-6,11H;1-3,8H,(H,9,10)(H,11,12,13). The molecule has 0 unspecified atom stereocenters. The van der Waals surface area contributed by atoms with Crippen molar-refractivity contribution < 1.29 is 33.1 Å². The van der Waals surface area contributed by atoms with Crippen molar-refractivity contribution in [1.82, 2.24) is 4.98 Å². The second-order valence-corrected chi connectivity index (χ2v) is 6.23. The quantitative estimate of drug-likeness (QED) is 0.507. The molecule has 25 heavy (non-hydrogen) atoms. The molecule has 2 aromatic carbocycles. The number of benzene rings is 2. The number of phenolic OH excluding ortho intramolecular Hbond substituents is 1. The maximum Gasteiger partial charge on any atom is 0.339 e. The van der Waals surface area contributed by atoms with Crippen LogP contribution in [-0.2, 0) is 10.1 Å². The van der Waals surface area contributed by atoms with Crippen molar-refractivity contribution in [2.75, 3.05) is 0 Å². The third-order valence-corrected chi connectivity index (χ3v) is 3.96. The van der Waals surface area contributed by atoms with Crippen LogP contribution in [0.5, 0.6) is 11.5 Å². The Kier molecular flexibility index (Phi) is 5.20. The summed E-state index contributed by atoms with van der Waals surface area (Å²) < 4.78 is 29.8. The third kappa shape index (κ3) is 4.43. The van der Waals surface area contributed by atoms with Crippen LogP contribution in [0, 0.1) is 0 Å². The number of aromatic nitrogens is 1. The largest absolute Gasteiger partial charge is 0.507 e. The average Bonchev–Trinajstić information content (AvgIpc) is 2.55. The number of aromatic carboxylic acids is 1. The smallest absolute Gasteiger partial charge is 0.339 e. The van der Waals surface area contributed by atoms with Crippen molar-refractivity contribution in [2.24, 2.45) is 0 Å². The third-order valence-electron chi connectivity index (χ3n) is 3.11. The van der Waals surface area contributed by atoms with E-state index in [4.69, 9.17) is 14.8 Å². The second-order valence-electron chi connectivity index (χ2n) is 4.81. The summed E-state index contributed by atoms with van der Waals surface area (Å²) in [5.74, 6) is -1.80. The normalized spacial score (nSPS) is 10.8. The molecule has 1 aromatic heterocycles. The van der Waals surface area contributed by atoms with Gasteiger partial charge >= 0.3 is 5.97 Å². The predicted molar refractivity (Wildman–Crippen MR) is 88.3 cm³/mol. The Balaban J connectivity index is 0.000000185. The van der Waals surface area contributed by atoms with E-state index in [-0.39, 0.29) is 5.75 Å². The van der Waals surface area contributed by atoms with Crippen LogP contribution in [-0.4, -0.2) is 39.2 Å². The molecule has 0 amide bonds. The summed E-state index contributed by atoms with van der Waals surface area (Å²) in [5, 5.41) is 27.8. The van der Waals surface area contributed by atoms with Crippen molar-refractivity contribution in [3.05, 3.63) is 60.3 Å². The summed E-state index contributed by atoms with van der Waals surface area (Å²) in [4.78, 5) is 13.9. The highest BCUT2D eigenvalue weighted by Crippen LogP contribution is 2.21. The molecule has 0 radical (unpaired) electrons. The van der Waals surface area contributed by atoms with E-state index < -0.39 is 32.3 Å². The van der Waals surface area contributed by atoms with Gasteiger partial charge in [-0.15, -0.1) is 0 Å². The highest BCUT2D eigenvalue weighted by atomic mass is 32.2. The van der Waals surface area contributed by atoms with E-state index in [2.05, 4.69) is 4.98 Å². The maximum absolute atomic E-state index is 10.6. The van der Waals surface area contributed by atoms with E-state index >= 15 is 0 Å². The van der Waals surface area contributed by atoms with Crippen molar-refractivity contribution >= 4 is 27.0 Å². The number of hydrogen-bond donors (Lipinski definition) is 4. The predicted octanol–water partition coefficient (Wildman–Crippen LogP) is 2.28. The lowest BCUT2D eigenvalue weighted by Crippen LogP contribution is -2.02. The van der Waals surface area contributed by atoms with Gasteiger partial charge in [0.1, 0.15) is 22.6 Å². The van der Waals surface area contributed by atoms with Gasteiger partial charge in [-0.1, -0.05) is 18.2 Å². The molecular formula is C16H13NO7S. The number of fused-ring (bicyclic) bond motifs is 1. The van der Waals surface area contributed by atoms with E-state index in [0.29, 0.717) is 11.6 Å². The summed E-state index contributed by atoms with van der Waals surface area (Å²) in [6.07, 6.45) is 1.67. The zero-order valence-electron chi connectivity index (χ0n) is 12.6. The zero-order chi connectivity index (χ0) is 18.6. The summed E-state index contributed by atoms with van der Waals surface area (Å²) in [6.45, 7) is 0. The highest BCUT2D eigenvalue weighted by molar-refractivity contribution is 7.85. The van der Waals surface area contributed by atoms with Gasteiger partial charge in [0.25, 0.3) is 10.1 Å². The summed E-state index contributed by atoms with van der Waals surface area (Å²) in [5.41, 5.74) is 0.0788. The van der Waals surface area contributed by atoms with Gasteiger partial charge < -0.3 is 15.3 Å². The molecule has 130 valence electrons. The molecule has 0 fully saturated rings. The summed E-state index contributed by atoms with van der Waals surface area (Å²) in [6, 6.07) is 11.6. The second kappa shape index (κ2) is 7.16. The number of carboxylic acid groups (broad SMARTS) is 1. The fraction of sp³-hybridized carbons (Fsp3) is 0. The van der Waals surface area contributed by atoms with Crippen molar-refractivity contribution in [3.8, 4) is 11.5 Å². The van der Waals surface area contributed by atoms with Gasteiger partial charge in [-0.25, -0.2) is 4.79 Å². The molecule has 0 aliphatic carbocycles. The van der Waals surface area contributed by atoms with E-state index in [9.17, 15) is 18.3 Å². The molecular weight excluding hydrogens is 350 g/mol. The van der Waals surface area contributed by atoms with Crippen LogP contribution in [0.25, 0.3) is 10.9 Å². The molecule has 9 heteroatoms. The minimum absolute atomic E-state index is 0.239. The van der Waals surface area contributed by atoms with Crippen molar-refractivity contribution in [2.45, 2.75) is 4.90 Å². The van der Waals surface area contributed by atoms with Crippen LogP contribution >= 0.6 is 0 Å². The van der Waals surface area contributed by atoms with E-state index in [1.165, 1.54) is 0 Å². The lowest BCUT2D eigenvalue weighted by Gasteiger charge is -2.01. The fourth-order valence-electron chi connectivity index (χ4n) is 1.94. The number of carboxylic acids is 1. The summed E-state index contributed by atoms with van der Waals surface area (Å²) >= 11 is 0. The number of para-hydroxylation sites is 1. The zero-order valence-corrected chi connectivity index (χ0v) is 13.4. The highest BCUT2D eigenvalue weighted by Gasteiger charge is 2.16. The van der Waals surface area contributed by atoms with Gasteiger partial charge in [-0.3, -0.25) is 9.54 Å². The molecule has 0 aliphatic heterocycles. The first-order valence-corrected chi connectivity index (χ1v) is 8.20. The number of carbonyl (C=O) groups is 1. The van der Waals surface area contributed by atoms with E-state index in [0.717, 1.165) is 17.5 Å². The van der Waals surface area contributed by atoms with E-state index in [1.54, 1.807) is 18.3 Å². The van der Waals surface area contributed by atoms with Crippen LogP contribution in [0.1, 0.15) is 10.4 Å². The fourth-order valence-corrected chi connectivity index (χ4v) is 2.44. The Morgan fingerprint density at radius 2 is 1.64 bits per heavy atom. The molecule has 0 bridgehead atoms. The Bertz CT molecular complexity index is 1030. The Labute approximate surface area is 142 Å². The molecule has 4 N–H and O–H groups in total. The molecule has 3 rings (SSSR count). The maximum atomic E-state index is 10.6. The van der Waals surface area contributed by atoms with Crippen LogP contribution in [0.2, 0.25) is 0 Å². The van der Waals surface area contributed by atoms with E-state index in [1.807, 2.05) is 18.2 Å². The van der Waals surface area contributed by atoms with Crippen LogP contribution in [0.4, 0.5) is 0 Å². The minimum Gasteiger partial charge on any atom is -0.507 e. The van der Waals surface area contributed by atoms with Gasteiger partial charge in [0.2, 0.25) is 0 Å². The monoisotopic (exact) mass is 363 g/mol. The molecule has 0 aliphatic rings. The lowest BCUT2D eigenvalue weighted by molar-refractivity contribution is 0.0693. The lowest BCUT2D eigenvalue weighted by atomic mass is 10.2. The molecule has 0 saturated carbocycles. The number of hydrogen-bond acceptors (Lipinski definition) is 6. The Morgan fingerprint density at radius 1 is 0.960 bits per heavy atom. The topological polar surface area (TPSA) is 145 Å². The average molecular weight is 363 g/mol. The molecule has 0 spiro atoms. The number of pyridine rings is 1. The number of aromatic hydroxyl groups is 2. The van der Waals surface area contributed by atoms with Gasteiger partial charge in [0.05, 0.1) is 4.90 Å². The Morgan fingerprint density at radius 3 is 2.24 bits per heavy atom. The summed E-state index contributed by atoms with van der Waals surface area (Å²) in [7, 11) is -4.45. The van der Waals surface area contributed by atoms with Gasteiger partial charge in [0, 0.05) is 11.6 Å². The number of phenols is 2. The molecule has 0 saturated heterocycles. The molecule has 0 atom stereocenters. The molecule has 1 heterocycles. The van der Waals surface area contributed by atoms with Gasteiger partial charge in [-0.2, -0.15) is 8.42 Å². The number of nitrogens with zero attached hydrogens (tertiary/aromatic N) is 1. The number of rotatable bonds is 2. The van der Waals surface area contributed by atoms with Crippen LogP contribution < -0.4 is 0 Å². The minimum atomic E-state index is -4.45. The van der Waals surface area contributed by atoms with Crippen molar-refractivity contribution in [1.29, 1.82) is 0 Å². The first-order chi connectivity index (χ1) is 11.7. The molecule has 8 nitrogen and oxygen atoms in total. The van der Waals surface area contributed by atoms with Gasteiger partial charge in [0.15, 0.2) is 0 Å². The van der Waals surface area contributed by atoms with Crippen LogP contribution in [0.15, 0.2) is 59.6 Å². The first-order valence-electron chi connectivity index (χ1n) is 6.76. The van der Waals surface area contributed by atoms with Gasteiger partial charge in [-0.05, 0) is 30.3 Å². The Hall–Kier alpha value is -3.17. The van der Waals surface area contributed by atoms with Crippen LogP contribution in [0.3, 0.4) is 0 Å². The van der Waals surface area contributed by atoms with Crippen molar-refractivity contribution in [3.63, 3.8) is 0 Å². The first kappa shape index (κ1) is 18.2. The SMILES string of the molecule is O=C(O)c1cc(S(=O)(=O)O)ccc1O.Oc1cccc2cccnc12.